The quantitative estimate of drug-likeness (QED) is 0.405. The molecule has 4 rings (SSSR count). The van der Waals surface area contributed by atoms with Crippen LogP contribution in [0.25, 0.3) is 10.6 Å². The highest BCUT2D eigenvalue weighted by atomic mass is 32.2. The number of carbonyl (C=O) groups is 1. The number of hydrogen-bond donors (Lipinski definition) is 2. The molecule has 1 aromatic carbocycles. The van der Waals surface area contributed by atoms with Gasteiger partial charge in [-0.2, -0.15) is 5.26 Å². The summed E-state index contributed by atoms with van der Waals surface area (Å²) < 4.78 is 0. The Hall–Kier alpha value is -2.89. The number of rotatable bonds is 8. The molecule has 146 valence electrons. The van der Waals surface area contributed by atoms with Crippen molar-refractivity contribution in [3.63, 3.8) is 0 Å². The van der Waals surface area contributed by atoms with Crippen LogP contribution in [-0.2, 0) is 17.0 Å². The first kappa shape index (κ1) is 19.4. The smallest absolute Gasteiger partial charge is 0.307 e. The molecule has 1 saturated carbocycles. The Morgan fingerprint density at radius 3 is 2.79 bits per heavy atom. The number of nitrogens with zero attached hydrogens (tertiary/aromatic N) is 3. The molecule has 8 heteroatoms. The van der Waals surface area contributed by atoms with Crippen LogP contribution in [0, 0.1) is 11.3 Å². The fraction of sp³-hybridized carbons (Fsp3) is 0.238. The van der Waals surface area contributed by atoms with Gasteiger partial charge in [0, 0.05) is 11.8 Å². The average Bonchev–Trinajstić information content (AvgIpc) is 3.34. The summed E-state index contributed by atoms with van der Waals surface area (Å²) in [4.78, 5) is 21.2. The highest BCUT2D eigenvalue weighted by molar-refractivity contribution is 7.98. The normalized spacial score (nSPS) is 13.1. The number of hydrogen-bond acceptors (Lipinski definition) is 7. The van der Waals surface area contributed by atoms with E-state index in [0.717, 1.165) is 28.8 Å². The van der Waals surface area contributed by atoms with Gasteiger partial charge in [-0.25, -0.2) is 9.97 Å². The summed E-state index contributed by atoms with van der Waals surface area (Å²) in [7, 11) is 0. The van der Waals surface area contributed by atoms with E-state index >= 15 is 0 Å². The summed E-state index contributed by atoms with van der Waals surface area (Å²) in [6, 6.07) is 14.1. The molecule has 0 atom stereocenters. The van der Waals surface area contributed by atoms with Crippen LogP contribution in [0.15, 0.2) is 46.9 Å². The summed E-state index contributed by atoms with van der Waals surface area (Å²) in [5.41, 5.74) is 2.91. The van der Waals surface area contributed by atoms with E-state index in [2.05, 4.69) is 21.4 Å². The lowest BCUT2D eigenvalue weighted by Crippen LogP contribution is -2.08. The van der Waals surface area contributed by atoms with Gasteiger partial charge in [0.15, 0.2) is 5.16 Å². The van der Waals surface area contributed by atoms with Crippen LogP contribution in [0.2, 0.25) is 0 Å². The lowest BCUT2D eigenvalue weighted by Gasteiger charge is -2.11. The van der Waals surface area contributed by atoms with Crippen molar-refractivity contribution >= 4 is 34.9 Å². The fourth-order valence-electron chi connectivity index (χ4n) is 2.88. The van der Waals surface area contributed by atoms with Crippen molar-refractivity contribution in [1.82, 2.24) is 9.97 Å². The Morgan fingerprint density at radius 2 is 2.10 bits per heavy atom. The van der Waals surface area contributed by atoms with E-state index in [4.69, 9.17) is 5.11 Å². The van der Waals surface area contributed by atoms with Crippen LogP contribution in [0.1, 0.15) is 29.5 Å². The second kappa shape index (κ2) is 8.64. The molecule has 1 fully saturated rings. The zero-order chi connectivity index (χ0) is 20.2. The van der Waals surface area contributed by atoms with E-state index in [0.29, 0.717) is 34.0 Å². The Morgan fingerprint density at radius 1 is 1.28 bits per heavy atom. The van der Waals surface area contributed by atoms with E-state index in [1.807, 2.05) is 41.8 Å². The molecule has 2 N–H and O–H groups in total. The number of thiophene rings is 1. The van der Waals surface area contributed by atoms with Crippen molar-refractivity contribution in [1.29, 1.82) is 5.26 Å². The van der Waals surface area contributed by atoms with Crippen LogP contribution in [0.3, 0.4) is 0 Å². The van der Waals surface area contributed by atoms with E-state index in [-0.39, 0.29) is 6.42 Å². The third-order valence-electron chi connectivity index (χ3n) is 4.39. The minimum Gasteiger partial charge on any atom is -0.481 e. The molecule has 0 aliphatic heterocycles. The summed E-state index contributed by atoms with van der Waals surface area (Å²) in [6.07, 6.45) is 2.17. The van der Waals surface area contributed by atoms with Gasteiger partial charge in [-0.05, 0) is 35.4 Å². The van der Waals surface area contributed by atoms with Crippen LogP contribution >= 0.6 is 23.1 Å². The van der Waals surface area contributed by atoms with Gasteiger partial charge < -0.3 is 10.4 Å². The zero-order valence-electron chi connectivity index (χ0n) is 15.5. The molecular formula is C21H18N4O2S2. The number of thioether (sulfide) groups is 1. The lowest BCUT2D eigenvalue weighted by molar-refractivity contribution is -0.136. The Kier molecular flexibility index (Phi) is 5.79. The number of aromatic nitrogens is 2. The Bertz CT molecular complexity index is 1070. The van der Waals surface area contributed by atoms with E-state index in [9.17, 15) is 10.1 Å². The standard InChI is InChI=1S/C21H18N4O2S2/c22-11-16-19(17-5-2-8-28-17)24-21(25-20(16)23-15-6-7-15)29-12-14-4-1-3-13(9-14)10-18(26)27/h1-5,8-9,15H,6-7,10,12H2,(H,26,27)(H,23,24,25). The molecule has 1 aliphatic rings. The topological polar surface area (TPSA) is 98.9 Å². The minimum absolute atomic E-state index is 0.00383. The summed E-state index contributed by atoms with van der Waals surface area (Å²) in [5, 5.41) is 24.6. The molecule has 0 radical (unpaired) electrons. The lowest BCUT2D eigenvalue weighted by atomic mass is 10.1. The second-order valence-electron chi connectivity index (χ2n) is 6.77. The SMILES string of the molecule is N#Cc1c(NC2CC2)nc(SCc2cccc(CC(=O)O)c2)nc1-c1cccs1. The van der Waals surface area contributed by atoms with Crippen molar-refractivity contribution < 1.29 is 9.90 Å². The van der Waals surface area contributed by atoms with Gasteiger partial charge in [0.25, 0.3) is 0 Å². The van der Waals surface area contributed by atoms with Crippen LogP contribution in [0.5, 0.6) is 0 Å². The van der Waals surface area contributed by atoms with Gasteiger partial charge in [0.2, 0.25) is 0 Å². The predicted octanol–water partition coefficient (Wildman–Crippen LogP) is 4.57. The summed E-state index contributed by atoms with van der Waals surface area (Å²) >= 11 is 3.02. The van der Waals surface area contributed by atoms with Gasteiger partial charge in [-0.15, -0.1) is 11.3 Å². The first-order chi connectivity index (χ1) is 14.1. The monoisotopic (exact) mass is 422 g/mol. The summed E-state index contributed by atoms with van der Waals surface area (Å²) in [5.74, 6) is 0.365. The number of carboxylic acids is 1. The van der Waals surface area contributed by atoms with Gasteiger partial charge in [-0.1, -0.05) is 42.1 Å². The predicted molar refractivity (Wildman–Crippen MR) is 114 cm³/mol. The van der Waals surface area contributed by atoms with Crippen molar-refractivity contribution in [3.05, 3.63) is 58.5 Å². The van der Waals surface area contributed by atoms with Gasteiger partial charge in [0.05, 0.1) is 11.3 Å². The van der Waals surface area contributed by atoms with Crippen LogP contribution in [-0.4, -0.2) is 27.1 Å². The van der Waals surface area contributed by atoms with Crippen molar-refractivity contribution in [3.8, 4) is 16.6 Å². The molecular weight excluding hydrogens is 404 g/mol. The molecule has 1 aliphatic carbocycles. The number of benzene rings is 1. The van der Waals surface area contributed by atoms with Gasteiger partial charge in [0.1, 0.15) is 23.1 Å². The minimum atomic E-state index is -0.846. The van der Waals surface area contributed by atoms with E-state index < -0.39 is 5.97 Å². The maximum atomic E-state index is 10.9. The van der Waals surface area contributed by atoms with Crippen LogP contribution < -0.4 is 5.32 Å². The second-order valence-corrected chi connectivity index (χ2v) is 8.66. The molecule has 3 aromatic rings. The van der Waals surface area contributed by atoms with E-state index in [1.165, 1.54) is 11.8 Å². The molecule has 0 amide bonds. The Labute approximate surface area is 176 Å². The highest BCUT2D eigenvalue weighted by Crippen LogP contribution is 2.34. The molecule has 0 bridgehead atoms. The number of carboxylic acid groups (broad SMARTS) is 1. The first-order valence-corrected chi connectivity index (χ1v) is 11.0. The molecule has 2 heterocycles. The largest absolute Gasteiger partial charge is 0.481 e. The van der Waals surface area contributed by atoms with Crippen molar-refractivity contribution in [2.45, 2.75) is 36.2 Å². The summed E-state index contributed by atoms with van der Waals surface area (Å²) in [6.45, 7) is 0. The van der Waals surface area contributed by atoms with Gasteiger partial charge >= 0.3 is 5.97 Å². The fourth-order valence-corrected chi connectivity index (χ4v) is 4.39. The first-order valence-electron chi connectivity index (χ1n) is 9.17. The van der Waals surface area contributed by atoms with Crippen LogP contribution in [0.4, 0.5) is 5.82 Å². The molecule has 0 saturated heterocycles. The maximum Gasteiger partial charge on any atom is 0.307 e. The Balaban J connectivity index is 1.61. The number of aliphatic carboxylic acids is 1. The third kappa shape index (κ3) is 4.94. The average molecular weight is 423 g/mol. The molecule has 0 unspecified atom stereocenters. The zero-order valence-corrected chi connectivity index (χ0v) is 17.1. The highest BCUT2D eigenvalue weighted by Gasteiger charge is 2.25. The molecule has 6 nitrogen and oxygen atoms in total. The van der Waals surface area contributed by atoms with Crippen molar-refractivity contribution in [2.75, 3.05) is 5.32 Å². The maximum absolute atomic E-state index is 10.9. The number of anilines is 1. The molecule has 2 aromatic heterocycles. The third-order valence-corrected chi connectivity index (χ3v) is 6.18. The number of nitrogens with one attached hydrogen (secondary N) is 1. The number of nitriles is 1. The van der Waals surface area contributed by atoms with Gasteiger partial charge in [-0.3, -0.25) is 4.79 Å². The molecule has 0 spiro atoms. The van der Waals surface area contributed by atoms with Crippen molar-refractivity contribution in [2.24, 2.45) is 0 Å². The molecule has 29 heavy (non-hydrogen) atoms. The van der Waals surface area contributed by atoms with E-state index in [1.54, 1.807) is 11.3 Å².